The first kappa shape index (κ1) is 12.8. The van der Waals surface area contributed by atoms with Crippen LogP contribution in [-0.4, -0.2) is 6.54 Å². The lowest BCUT2D eigenvalue weighted by Crippen LogP contribution is -2.15. The van der Waals surface area contributed by atoms with Crippen molar-refractivity contribution in [3.05, 3.63) is 58.4 Å². The van der Waals surface area contributed by atoms with Crippen LogP contribution in [-0.2, 0) is 12.3 Å². The molecule has 2 aromatic rings. The second kappa shape index (κ2) is 5.03. The van der Waals surface area contributed by atoms with Crippen LogP contribution in [0.1, 0.15) is 11.1 Å². The number of alkyl halides is 1. The Hall–Kier alpha value is -1.25. The second-order valence-corrected chi connectivity index (χ2v) is 5.29. The van der Waals surface area contributed by atoms with E-state index in [1.54, 1.807) is 6.07 Å². The topological polar surface area (TPSA) is 3.24 Å². The Bertz CT molecular complexity index is 628. The molecule has 0 spiro atoms. The smallest absolute Gasteiger partial charge is 0.125 e. The van der Waals surface area contributed by atoms with Gasteiger partial charge in [-0.05, 0) is 41.8 Å². The average molecular weight is 296 g/mol. The Morgan fingerprint density at radius 3 is 2.74 bits per heavy atom. The van der Waals surface area contributed by atoms with Crippen LogP contribution in [0.2, 0.25) is 5.02 Å². The van der Waals surface area contributed by atoms with E-state index in [0.717, 1.165) is 35.5 Å². The number of halogens is 3. The van der Waals surface area contributed by atoms with Crippen molar-refractivity contribution in [1.82, 2.24) is 0 Å². The highest BCUT2D eigenvalue weighted by Gasteiger charge is 2.22. The van der Waals surface area contributed by atoms with Gasteiger partial charge in [-0.15, -0.1) is 11.6 Å². The summed E-state index contributed by atoms with van der Waals surface area (Å²) < 4.78 is 13.4. The van der Waals surface area contributed by atoms with Gasteiger partial charge in [0.2, 0.25) is 0 Å². The lowest BCUT2D eigenvalue weighted by atomic mass is 10.1. The fourth-order valence-corrected chi connectivity index (χ4v) is 2.90. The van der Waals surface area contributed by atoms with Gasteiger partial charge in [-0.1, -0.05) is 23.7 Å². The fourth-order valence-electron chi connectivity index (χ4n) is 2.50. The van der Waals surface area contributed by atoms with Gasteiger partial charge in [0, 0.05) is 28.8 Å². The Labute approximate surface area is 121 Å². The van der Waals surface area contributed by atoms with Crippen LogP contribution >= 0.6 is 23.2 Å². The number of nitrogens with zero attached hydrogens (tertiary/aromatic N) is 1. The van der Waals surface area contributed by atoms with E-state index in [-0.39, 0.29) is 5.82 Å². The first-order chi connectivity index (χ1) is 9.19. The third-order valence-corrected chi connectivity index (χ3v) is 3.95. The summed E-state index contributed by atoms with van der Waals surface area (Å²) in [5.41, 5.74) is 4.03. The van der Waals surface area contributed by atoms with Gasteiger partial charge in [-0.2, -0.15) is 0 Å². The minimum absolute atomic E-state index is 0.222. The van der Waals surface area contributed by atoms with Crippen molar-refractivity contribution in [2.75, 3.05) is 11.4 Å². The first-order valence-electron chi connectivity index (χ1n) is 6.09. The van der Waals surface area contributed by atoms with Crippen LogP contribution in [0.5, 0.6) is 0 Å². The van der Waals surface area contributed by atoms with Crippen molar-refractivity contribution in [3.8, 4) is 0 Å². The van der Waals surface area contributed by atoms with Crippen LogP contribution in [0.15, 0.2) is 36.4 Å². The van der Waals surface area contributed by atoms with Gasteiger partial charge in [0.05, 0.1) is 0 Å². The van der Waals surface area contributed by atoms with E-state index in [9.17, 15) is 4.39 Å². The van der Waals surface area contributed by atoms with Crippen LogP contribution in [0.25, 0.3) is 0 Å². The van der Waals surface area contributed by atoms with Gasteiger partial charge in [0.25, 0.3) is 0 Å². The lowest BCUT2D eigenvalue weighted by molar-refractivity contribution is 0.628. The highest BCUT2D eigenvalue weighted by atomic mass is 35.5. The predicted molar refractivity (Wildman–Crippen MR) is 78.1 cm³/mol. The molecule has 4 heteroatoms. The minimum atomic E-state index is -0.222. The maximum Gasteiger partial charge on any atom is 0.125 e. The molecule has 0 N–H and O–H groups in total. The van der Waals surface area contributed by atoms with Gasteiger partial charge in [0.1, 0.15) is 5.82 Å². The normalized spacial score (nSPS) is 13.7. The zero-order chi connectivity index (χ0) is 13.4. The molecule has 0 fully saturated rings. The van der Waals surface area contributed by atoms with Crippen LogP contribution < -0.4 is 4.90 Å². The summed E-state index contributed by atoms with van der Waals surface area (Å²) in [4.78, 5) is 2.09. The maximum atomic E-state index is 13.4. The molecule has 1 aliphatic heterocycles. The summed E-state index contributed by atoms with van der Waals surface area (Å²) in [5, 5.41) is 0.661. The van der Waals surface area contributed by atoms with Crippen LogP contribution in [0.3, 0.4) is 0 Å². The van der Waals surface area contributed by atoms with Gasteiger partial charge >= 0.3 is 0 Å². The molecule has 1 heterocycles. The molecule has 2 aromatic carbocycles. The molecule has 98 valence electrons. The van der Waals surface area contributed by atoms with Crippen molar-refractivity contribution in [1.29, 1.82) is 0 Å². The number of fused-ring (bicyclic) bond motifs is 1. The minimum Gasteiger partial charge on any atom is -0.341 e. The summed E-state index contributed by atoms with van der Waals surface area (Å²) >= 11 is 12.0. The number of benzene rings is 2. The van der Waals surface area contributed by atoms with Gasteiger partial charge in [-0.25, -0.2) is 4.39 Å². The van der Waals surface area contributed by atoms with Crippen molar-refractivity contribution < 1.29 is 4.39 Å². The molecule has 3 rings (SSSR count). The largest absolute Gasteiger partial charge is 0.341 e. The Morgan fingerprint density at radius 1 is 1.11 bits per heavy atom. The van der Waals surface area contributed by atoms with Crippen molar-refractivity contribution in [3.63, 3.8) is 0 Å². The zero-order valence-corrected chi connectivity index (χ0v) is 11.7. The maximum absolute atomic E-state index is 13.4. The first-order valence-corrected chi connectivity index (χ1v) is 7.00. The SMILES string of the molecule is Fc1ccc2c(c1)N(c1cc(Cl)ccc1CCl)CC2. The lowest BCUT2D eigenvalue weighted by Gasteiger charge is -2.22. The molecule has 0 saturated carbocycles. The summed E-state index contributed by atoms with van der Waals surface area (Å²) in [6.07, 6.45) is 0.907. The third-order valence-electron chi connectivity index (χ3n) is 3.42. The number of hydrogen-bond donors (Lipinski definition) is 0. The molecular formula is C15H12Cl2FN. The van der Waals surface area contributed by atoms with E-state index in [0.29, 0.717) is 10.9 Å². The number of hydrogen-bond acceptors (Lipinski definition) is 1. The van der Waals surface area contributed by atoms with E-state index in [1.165, 1.54) is 6.07 Å². The fraction of sp³-hybridized carbons (Fsp3) is 0.200. The highest BCUT2D eigenvalue weighted by molar-refractivity contribution is 6.31. The number of rotatable bonds is 2. The van der Waals surface area contributed by atoms with Gasteiger partial charge in [-0.3, -0.25) is 0 Å². The summed E-state index contributed by atoms with van der Waals surface area (Å²) in [6, 6.07) is 10.5. The second-order valence-electron chi connectivity index (χ2n) is 4.58. The van der Waals surface area contributed by atoms with E-state index in [4.69, 9.17) is 23.2 Å². The van der Waals surface area contributed by atoms with E-state index < -0.39 is 0 Å². The molecule has 1 aliphatic rings. The third kappa shape index (κ3) is 2.31. The molecular weight excluding hydrogens is 284 g/mol. The van der Waals surface area contributed by atoms with Crippen molar-refractivity contribution in [2.45, 2.75) is 12.3 Å². The van der Waals surface area contributed by atoms with Crippen molar-refractivity contribution >= 4 is 34.6 Å². The van der Waals surface area contributed by atoms with E-state index in [1.807, 2.05) is 24.3 Å². The van der Waals surface area contributed by atoms with Crippen molar-refractivity contribution in [2.24, 2.45) is 0 Å². The zero-order valence-electron chi connectivity index (χ0n) is 10.2. The Morgan fingerprint density at radius 2 is 1.95 bits per heavy atom. The molecule has 0 aromatic heterocycles. The summed E-state index contributed by atoms with van der Waals surface area (Å²) in [6.45, 7) is 0.822. The molecule has 0 aliphatic carbocycles. The molecule has 0 atom stereocenters. The van der Waals surface area contributed by atoms with E-state index >= 15 is 0 Å². The molecule has 0 bridgehead atoms. The standard InChI is InChI=1S/C15H12Cl2FN/c16-9-11-1-3-12(17)7-14(11)19-6-5-10-2-4-13(18)8-15(10)19/h1-4,7-8H,5-6,9H2. The Balaban J connectivity index is 2.10. The summed E-state index contributed by atoms with van der Waals surface area (Å²) in [5.74, 6) is 0.188. The molecule has 0 radical (unpaired) electrons. The highest BCUT2D eigenvalue weighted by Crippen LogP contribution is 2.38. The quantitative estimate of drug-likeness (QED) is 0.712. The van der Waals surface area contributed by atoms with Gasteiger partial charge in [0.15, 0.2) is 0 Å². The van der Waals surface area contributed by atoms with Gasteiger partial charge < -0.3 is 4.90 Å². The molecule has 1 nitrogen and oxygen atoms in total. The molecule has 0 saturated heterocycles. The molecule has 0 unspecified atom stereocenters. The van der Waals surface area contributed by atoms with Crippen LogP contribution in [0.4, 0.5) is 15.8 Å². The Kier molecular flexibility index (Phi) is 3.38. The predicted octanol–water partition coefficient (Wildman–Crippen LogP) is 4.91. The van der Waals surface area contributed by atoms with Crippen LogP contribution in [0, 0.1) is 5.82 Å². The monoisotopic (exact) mass is 295 g/mol. The average Bonchev–Trinajstić information content (AvgIpc) is 2.81. The molecule has 0 amide bonds. The molecule has 19 heavy (non-hydrogen) atoms. The summed E-state index contributed by atoms with van der Waals surface area (Å²) in [7, 11) is 0. The number of anilines is 2. The van der Waals surface area contributed by atoms with E-state index in [2.05, 4.69) is 4.90 Å².